The van der Waals surface area contributed by atoms with Gasteiger partial charge in [0.05, 0.1) is 5.92 Å². The number of amides is 1. The van der Waals surface area contributed by atoms with Crippen LogP contribution in [0, 0.1) is 5.92 Å². The fourth-order valence-electron chi connectivity index (χ4n) is 2.87. The summed E-state index contributed by atoms with van der Waals surface area (Å²) in [5.41, 5.74) is 1.40. The van der Waals surface area contributed by atoms with Crippen molar-refractivity contribution in [3.63, 3.8) is 0 Å². The number of aliphatic carboxylic acids is 1. The number of piperidine rings is 1. The van der Waals surface area contributed by atoms with Crippen molar-refractivity contribution < 1.29 is 14.7 Å². The lowest BCUT2D eigenvalue weighted by Crippen LogP contribution is -2.47. The zero-order valence-corrected chi connectivity index (χ0v) is 13.0. The van der Waals surface area contributed by atoms with Crippen LogP contribution in [0.3, 0.4) is 0 Å². The highest BCUT2D eigenvalue weighted by molar-refractivity contribution is 5.93. The van der Waals surface area contributed by atoms with Gasteiger partial charge in [0.2, 0.25) is 0 Å². The Bertz CT molecular complexity index is 550. The molecule has 1 fully saturated rings. The first kappa shape index (κ1) is 15.5. The lowest BCUT2D eigenvalue weighted by molar-refractivity contribution is -0.143. The third-order valence-electron chi connectivity index (χ3n) is 4.22. The Morgan fingerprint density at radius 3 is 2.57 bits per heavy atom. The van der Waals surface area contributed by atoms with Crippen molar-refractivity contribution in [3.8, 4) is 0 Å². The highest BCUT2D eigenvalue weighted by Gasteiger charge is 2.34. The summed E-state index contributed by atoms with van der Waals surface area (Å²) >= 11 is 0. The molecule has 0 aliphatic carbocycles. The van der Waals surface area contributed by atoms with Crippen molar-refractivity contribution in [1.82, 2.24) is 14.7 Å². The molecule has 116 valence electrons. The van der Waals surface area contributed by atoms with Gasteiger partial charge in [-0.15, -0.1) is 0 Å². The first-order valence-corrected chi connectivity index (χ1v) is 7.39. The number of aromatic nitrogens is 2. The molecule has 2 atom stereocenters. The molecular formula is C15H23N3O3. The molecule has 0 radical (unpaired) electrons. The van der Waals surface area contributed by atoms with Crippen LogP contribution in [0.1, 0.15) is 55.7 Å². The maximum absolute atomic E-state index is 12.6. The monoisotopic (exact) mass is 293 g/mol. The molecule has 1 amide bonds. The lowest BCUT2D eigenvalue weighted by Gasteiger charge is -2.36. The molecule has 2 heterocycles. The summed E-state index contributed by atoms with van der Waals surface area (Å²) in [6.07, 6.45) is 1.34. The Hall–Kier alpha value is -1.85. The van der Waals surface area contributed by atoms with Gasteiger partial charge in [-0.2, -0.15) is 5.10 Å². The molecule has 1 N–H and O–H groups in total. The minimum Gasteiger partial charge on any atom is -0.481 e. The molecule has 1 aliphatic heterocycles. The van der Waals surface area contributed by atoms with Gasteiger partial charge in [-0.05, 0) is 31.7 Å². The van der Waals surface area contributed by atoms with Gasteiger partial charge in [-0.3, -0.25) is 14.3 Å². The first-order chi connectivity index (χ1) is 9.81. The fraction of sp³-hybridized carbons (Fsp3) is 0.667. The van der Waals surface area contributed by atoms with Crippen molar-refractivity contribution in [2.45, 2.75) is 45.6 Å². The number of rotatable bonds is 3. The van der Waals surface area contributed by atoms with Crippen molar-refractivity contribution in [2.75, 3.05) is 6.54 Å². The Labute approximate surface area is 124 Å². The van der Waals surface area contributed by atoms with E-state index in [1.807, 2.05) is 20.0 Å². The van der Waals surface area contributed by atoms with E-state index in [0.717, 1.165) is 5.69 Å². The van der Waals surface area contributed by atoms with Crippen molar-refractivity contribution in [1.29, 1.82) is 0 Å². The highest BCUT2D eigenvalue weighted by Crippen LogP contribution is 2.24. The van der Waals surface area contributed by atoms with Gasteiger partial charge in [-0.25, -0.2) is 0 Å². The number of likely N-dealkylation sites (tertiary alicyclic amines) is 1. The molecule has 1 aliphatic rings. The van der Waals surface area contributed by atoms with Crippen LogP contribution >= 0.6 is 0 Å². The third-order valence-corrected chi connectivity index (χ3v) is 4.22. The summed E-state index contributed by atoms with van der Waals surface area (Å²) in [5, 5.41) is 13.4. The Kier molecular flexibility index (Phi) is 4.34. The Balaban J connectivity index is 2.21. The summed E-state index contributed by atoms with van der Waals surface area (Å²) in [5.74, 6) is -1.19. The molecule has 6 heteroatoms. The molecule has 1 saturated heterocycles. The maximum atomic E-state index is 12.6. The standard InChI is InChI=1S/C15H23N3O3/c1-9(2)13-7-12(16-17(13)4)14(19)18-8-11(15(20)21)6-5-10(18)3/h7,9-11H,5-6,8H2,1-4H3,(H,20,21). The van der Waals surface area contributed by atoms with E-state index in [4.69, 9.17) is 5.11 Å². The SMILES string of the molecule is CC(C)c1cc(C(=O)N2CC(C(=O)O)CCC2C)nn1C. The van der Waals surface area contributed by atoms with Crippen molar-refractivity contribution in [3.05, 3.63) is 17.5 Å². The lowest BCUT2D eigenvalue weighted by atomic mass is 9.93. The molecule has 0 bridgehead atoms. The van der Waals surface area contributed by atoms with E-state index in [2.05, 4.69) is 18.9 Å². The highest BCUT2D eigenvalue weighted by atomic mass is 16.4. The minimum absolute atomic E-state index is 0.0533. The van der Waals surface area contributed by atoms with Gasteiger partial charge in [0, 0.05) is 25.3 Å². The number of nitrogens with zero attached hydrogens (tertiary/aromatic N) is 3. The second kappa shape index (κ2) is 5.87. The van der Waals surface area contributed by atoms with E-state index in [0.29, 0.717) is 18.5 Å². The van der Waals surface area contributed by atoms with Crippen LogP contribution in [-0.4, -0.2) is 44.3 Å². The second-order valence-electron chi connectivity index (χ2n) is 6.15. The summed E-state index contributed by atoms with van der Waals surface area (Å²) in [4.78, 5) is 25.4. The van der Waals surface area contributed by atoms with Crippen LogP contribution in [0.4, 0.5) is 0 Å². The molecule has 1 aromatic rings. The average Bonchev–Trinajstić information content (AvgIpc) is 2.80. The van der Waals surface area contributed by atoms with E-state index >= 15 is 0 Å². The van der Waals surface area contributed by atoms with Crippen LogP contribution in [0.2, 0.25) is 0 Å². The van der Waals surface area contributed by atoms with E-state index in [1.54, 1.807) is 9.58 Å². The largest absolute Gasteiger partial charge is 0.481 e. The molecule has 0 spiro atoms. The van der Waals surface area contributed by atoms with Gasteiger partial charge in [-0.1, -0.05) is 13.8 Å². The average molecular weight is 293 g/mol. The predicted octanol–water partition coefficient (Wildman–Crippen LogP) is 1.87. The third kappa shape index (κ3) is 3.09. The molecule has 0 aromatic carbocycles. The summed E-state index contributed by atoms with van der Waals surface area (Å²) < 4.78 is 1.72. The summed E-state index contributed by atoms with van der Waals surface area (Å²) in [6, 6.07) is 1.86. The van der Waals surface area contributed by atoms with E-state index in [1.165, 1.54) is 0 Å². The summed E-state index contributed by atoms with van der Waals surface area (Å²) in [7, 11) is 1.83. The molecule has 0 saturated carbocycles. The summed E-state index contributed by atoms with van der Waals surface area (Å²) in [6.45, 7) is 6.33. The molecule has 2 rings (SSSR count). The van der Waals surface area contributed by atoms with Crippen molar-refractivity contribution >= 4 is 11.9 Å². The predicted molar refractivity (Wildman–Crippen MR) is 78.2 cm³/mol. The number of hydrogen-bond donors (Lipinski definition) is 1. The van der Waals surface area contributed by atoms with Gasteiger partial charge < -0.3 is 10.0 Å². The maximum Gasteiger partial charge on any atom is 0.308 e. The van der Waals surface area contributed by atoms with Gasteiger partial charge in [0.25, 0.3) is 5.91 Å². The van der Waals surface area contributed by atoms with Gasteiger partial charge >= 0.3 is 5.97 Å². The normalized spacial score (nSPS) is 22.6. The van der Waals surface area contributed by atoms with Crippen LogP contribution in [-0.2, 0) is 11.8 Å². The van der Waals surface area contributed by atoms with E-state index < -0.39 is 11.9 Å². The number of carbonyl (C=O) groups is 2. The number of carboxylic acid groups (broad SMARTS) is 1. The topological polar surface area (TPSA) is 75.4 Å². The zero-order valence-electron chi connectivity index (χ0n) is 13.0. The van der Waals surface area contributed by atoms with Gasteiger partial charge in [0.1, 0.15) is 0 Å². The minimum atomic E-state index is -0.830. The van der Waals surface area contributed by atoms with Crippen LogP contribution in [0.15, 0.2) is 6.07 Å². The van der Waals surface area contributed by atoms with E-state index in [-0.39, 0.29) is 24.4 Å². The number of carboxylic acids is 1. The molecule has 1 aromatic heterocycles. The van der Waals surface area contributed by atoms with Gasteiger partial charge in [0.15, 0.2) is 5.69 Å². The number of aryl methyl sites for hydroxylation is 1. The number of hydrogen-bond acceptors (Lipinski definition) is 3. The molecular weight excluding hydrogens is 270 g/mol. The second-order valence-corrected chi connectivity index (χ2v) is 6.15. The molecule has 21 heavy (non-hydrogen) atoms. The number of carbonyl (C=O) groups excluding carboxylic acids is 1. The quantitative estimate of drug-likeness (QED) is 0.923. The fourth-order valence-corrected chi connectivity index (χ4v) is 2.87. The first-order valence-electron chi connectivity index (χ1n) is 7.39. The molecule has 2 unspecified atom stereocenters. The van der Waals surface area contributed by atoms with E-state index in [9.17, 15) is 9.59 Å². The van der Waals surface area contributed by atoms with Crippen LogP contribution in [0.5, 0.6) is 0 Å². The van der Waals surface area contributed by atoms with Crippen LogP contribution < -0.4 is 0 Å². The zero-order chi connectivity index (χ0) is 15.7. The Morgan fingerprint density at radius 2 is 2.05 bits per heavy atom. The Morgan fingerprint density at radius 1 is 1.38 bits per heavy atom. The smallest absolute Gasteiger partial charge is 0.308 e. The van der Waals surface area contributed by atoms with Crippen LogP contribution in [0.25, 0.3) is 0 Å². The molecule has 6 nitrogen and oxygen atoms in total. The van der Waals surface area contributed by atoms with Crippen molar-refractivity contribution in [2.24, 2.45) is 13.0 Å².